The van der Waals surface area contributed by atoms with Crippen LogP contribution in [0, 0.1) is 0 Å². The smallest absolute Gasteiger partial charge is 0.326 e. The Morgan fingerprint density at radius 2 is 1.73 bits per heavy atom. The molecule has 1 aliphatic carbocycles. The molecule has 140 valence electrons. The molecule has 0 aromatic heterocycles. The number of amides is 3. The van der Waals surface area contributed by atoms with Crippen molar-refractivity contribution in [2.45, 2.75) is 38.8 Å². The fraction of sp³-hybridized carbons (Fsp3) is 0.444. The zero-order valence-corrected chi connectivity index (χ0v) is 14.8. The van der Waals surface area contributed by atoms with Crippen LogP contribution >= 0.6 is 0 Å². The van der Waals surface area contributed by atoms with Crippen LogP contribution in [0.5, 0.6) is 0 Å². The third kappa shape index (κ3) is 5.30. The summed E-state index contributed by atoms with van der Waals surface area (Å²) >= 11 is 0. The molecule has 1 aromatic carbocycles. The predicted molar refractivity (Wildman–Crippen MR) is 93.7 cm³/mol. The van der Waals surface area contributed by atoms with Crippen LogP contribution in [0.1, 0.15) is 47.4 Å². The Bertz CT molecular complexity index is 697. The molecule has 2 rings (SSSR count). The van der Waals surface area contributed by atoms with Crippen molar-refractivity contribution in [2.75, 3.05) is 13.1 Å². The quantitative estimate of drug-likeness (QED) is 0.628. The van der Waals surface area contributed by atoms with Gasteiger partial charge in [0.05, 0.1) is 0 Å². The number of carboxylic acid groups (broad SMARTS) is 1. The highest BCUT2D eigenvalue weighted by Crippen LogP contribution is 2.19. The van der Waals surface area contributed by atoms with E-state index in [1.807, 2.05) is 0 Å². The van der Waals surface area contributed by atoms with E-state index in [0.29, 0.717) is 5.56 Å². The van der Waals surface area contributed by atoms with E-state index in [1.54, 1.807) is 12.1 Å². The first-order valence-corrected chi connectivity index (χ1v) is 8.48. The normalized spacial score (nSPS) is 14.2. The summed E-state index contributed by atoms with van der Waals surface area (Å²) in [7, 11) is 0. The van der Waals surface area contributed by atoms with Crippen LogP contribution in [0.4, 0.5) is 0 Å². The maximum atomic E-state index is 12.7. The zero-order chi connectivity index (χ0) is 19.3. The van der Waals surface area contributed by atoms with Crippen molar-refractivity contribution >= 4 is 23.7 Å². The Hall–Kier alpha value is -2.90. The molecule has 1 unspecified atom stereocenters. The van der Waals surface area contributed by atoms with Gasteiger partial charge in [0.2, 0.25) is 5.91 Å². The maximum absolute atomic E-state index is 12.7. The molecule has 0 heterocycles. The molecule has 0 saturated heterocycles. The van der Waals surface area contributed by atoms with Gasteiger partial charge in [-0.3, -0.25) is 14.4 Å². The molecule has 0 spiro atoms. The number of rotatable bonds is 8. The number of aliphatic carboxylic acids is 1. The van der Waals surface area contributed by atoms with Crippen LogP contribution in [0.25, 0.3) is 0 Å². The summed E-state index contributed by atoms with van der Waals surface area (Å²) in [5.41, 5.74) is 0.730. The van der Waals surface area contributed by atoms with Crippen molar-refractivity contribution in [3.05, 3.63) is 35.4 Å². The number of carbonyl (C=O) groups excluding carboxylic acids is 3. The first kappa shape index (κ1) is 19.4. The Kier molecular flexibility index (Phi) is 6.32. The SMILES string of the molecule is CC(=O)NCCN(C(=O)c1ccc(C(=O)NC2CC2)cc1)C(C)C(=O)O. The first-order valence-electron chi connectivity index (χ1n) is 8.48. The molecule has 26 heavy (non-hydrogen) atoms. The van der Waals surface area contributed by atoms with Crippen molar-refractivity contribution in [1.29, 1.82) is 0 Å². The highest BCUT2D eigenvalue weighted by Gasteiger charge is 2.27. The maximum Gasteiger partial charge on any atom is 0.326 e. The van der Waals surface area contributed by atoms with Crippen LogP contribution in [0.15, 0.2) is 24.3 Å². The molecule has 3 amide bonds. The zero-order valence-electron chi connectivity index (χ0n) is 14.8. The fourth-order valence-corrected chi connectivity index (χ4v) is 2.38. The van der Waals surface area contributed by atoms with Crippen LogP contribution in [0.3, 0.4) is 0 Å². The van der Waals surface area contributed by atoms with E-state index in [1.165, 1.54) is 30.9 Å². The Morgan fingerprint density at radius 1 is 1.15 bits per heavy atom. The van der Waals surface area contributed by atoms with Crippen molar-refractivity contribution < 1.29 is 24.3 Å². The third-order valence-corrected chi connectivity index (χ3v) is 4.12. The Morgan fingerprint density at radius 3 is 2.23 bits per heavy atom. The van der Waals surface area contributed by atoms with Gasteiger partial charge in [0.1, 0.15) is 6.04 Å². The number of benzene rings is 1. The lowest BCUT2D eigenvalue weighted by atomic mass is 10.1. The summed E-state index contributed by atoms with van der Waals surface area (Å²) in [5, 5.41) is 14.6. The number of carboxylic acids is 1. The summed E-state index contributed by atoms with van der Waals surface area (Å²) in [6.07, 6.45) is 1.97. The molecule has 0 radical (unpaired) electrons. The predicted octanol–water partition coefficient (Wildman–Crippen LogP) is 0.630. The molecule has 8 heteroatoms. The van der Waals surface area contributed by atoms with Crippen LogP contribution in [-0.4, -0.2) is 58.9 Å². The Balaban J connectivity index is 2.08. The van der Waals surface area contributed by atoms with Crippen LogP contribution in [0.2, 0.25) is 0 Å². The lowest BCUT2D eigenvalue weighted by molar-refractivity contribution is -0.141. The van der Waals surface area contributed by atoms with E-state index < -0.39 is 17.9 Å². The topological polar surface area (TPSA) is 116 Å². The lowest BCUT2D eigenvalue weighted by Crippen LogP contribution is -2.46. The van der Waals surface area contributed by atoms with E-state index >= 15 is 0 Å². The largest absolute Gasteiger partial charge is 0.480 e. The lowest BCUT2D eigenvalue weighted by Gasteiger charge is -2.26. The second kappa shape index (κ2) is 8.46. The van der Waals surface area contributed by atoms with E-state index in [9.17, 15) is 24.3 Å². The van der Waals surface area contributed by atoms with Crippen LogP contribution < -0.4 is 10.6 Å². The van der Waals surface area contributed by atoms with E-state index in [0.717, 1.165) is 12.8 Å². The molecule has 0 aliphatic heterocycles. The van der Waals surface area contributed by atoms with Gasteiger partial charge in [-0.1, -0.05) is 0 Å². The Labute approximate surface area is 151 Å². The number of nitrogens with one attached hydrogen (secondary N) is 2. The minimum atomic E-state index is -1.14. The van der Waals surface area contributed by atoms with Gasteiger partial charge in [-0.15, -0.1) is 0 Å². The standard InChI is InChI=1S/C18H23N3O5/c1-11(18(25)26)21(10-9-19-12(2)22)17(24)14-5-3-13(4-6-14)16(23)20-15-7-8-15/h3-6,11,15H,7-10H2,1-2H3,(H,19,22)(H,20,23)(H,25,26). The summed E-state index contributed by atoms with van der Waals surface area (Å²) < 4.78 is 0. The summed E-state index contributed by atoms with van der Waals surface area (Å²) in [6, 6.07) is 5.29. The minimum Gasteiger partial charge on any atom is -0.480 e. The van der Waals surface area contributed by atoms with Gasteiger partial charge < -0.3 is 20.6 Å². The molecule has 1 aliphatic rings. The molecule has 1 aromatic rings. The third-order valence-electron chi connectivity index (χ3n) is 4.12. The van der Waals surface area contributed by atoms with Crippen molar-refractivity contribution in [3.8, 4) is 0 Å². The van der Waals surface area contributed by atoms with Crippen LogP contribution in [-0.2, 0) is 9.59 Å². The van der Waals surface area contributed by atoms with Gasteiger partial charge in [-0.2, -0.15) is 0 Å². The van der Waals surface area contributed by atoms with Gasteiger partial charge in [-0.05, 0) is 44.0 Å². The molecule has 1 atom stereocenters. The molecule has 1 saturated carbocycles. The van der Waals surface area contributed by atoms with E-state index in [-0.39, 0.29) is 36.5 Å². The number of carbonyl (C=O) groups is 4. The molecule has 8 nitrogen and oxygen atoms in total. The highest BCUT2D eigenvalue weighted by atomic mass is 16.4. The van der Waals surface area contributed by atoms with Crippen molar-refractivity contribution in [3.63, 3.8) is 0 Å². The van der Waals surface area contributed by atoms with Crippen molar-refractivity contribution in [1.82, 2.24) is 15.5 Å². The summed E-state index contributed by atoms with van der Waals surface area (Å²) in [5.74, 6) is -2.06. The van der Waals surface area contributed by atoms with E-state index in [4.69, 9.17) is 0 Å². The van der Waals surface area contributed by atoms with E-state index in [2.05, 4.69) is 10.6 Å². The number of hydrogen-bond acceptors (Lipinski definition) is 4. The van der Waals surface area contributed by atoms with Gasteiger partial charge in [0.25, 0.3) is 11.8 Å². The summed E-state index contributed by atoms with van der Waals surface area (Å²) in [6.45, 7) is 2.97. The van der Waals surface area contributed by atoms with Gasteiger partial charge in [0.15, 0.2) is 0 Å². The molecular formula is C18H23N3O5. The minimum absolute atomic E-state index is 0.0653. The average Bonchev–Trinajstić information content (AvgIpc) is 3.41. The fourth-order valence-electron chi connectivity index (χ4n) is 2.38. The number of hydrogen-bond donors (Lipinski definition) is 3. The van der Waals surface area contributed by atoms with Gasteiger partial charge >= 0.3 is 5.97 Å². The molecule has 1 fully saturated rings. The second-order valence-electron chi connectivity index (χ2n) is 6.32. The first-order chi connectivity index (χ1) is 12.3. The van der Waals surface area contributed by atoms with Crippen molar-refractivity contribution in [2.24, 2.45) is 0 Å². The molecule has 3 N–H and O–H groups in total. The highest BCUT2D eigenvalue weighted by molar-refractivity contribution is 5.99. The second-order valence-corrected chi connectivity index (χ2v) is 6.32. The number of nitrogens with zero attached hydrogens (tertiary/aromatic N) is 1. The monoisotopic (exact) mass is 361 g/mol. The molecular weight excluding hydrogens is 338 g/mol. The molecule has 0 bridgehead atoms. The van der Waals surface area contributed by atoms with Gasteiger partial charge in [-0.25, -0.2) is 4.79 Å². The van der Waals surface area contributed by atoms with Gasteiger partial charge in [0, 0.05) is 37.2 Å². The summed E-state index contributed by atoms with van der Waals surface area (Å²) in [4.78, 5) is 48.1. The average molecular weight is 361 g/mol.